The predicted octanol–water partition coefficient (Wildman–Crippen LogP) is 3.70. The molecule has 2 aromatic rings. The van der Waals surface area contributed by atoms with E-state index in [1.54, 1.807) is 12.1 Å². The van der Waals surface area contributed by atoms with Crippen molar-refractivity contribution in [3.63, 3.8) is 0 Å². The Morgan fingerprint density at radius 2 is 1.79 bits per heavy atom. The lowest BCUT2D eigenvalue weighted by Crippen LogP contribution is -2.31. The molecule has 0 amide bonds. The fourth-order valence-electron chi connectivity index (χ4n) is 3.03. The molecule has 126 valence electrons. The second-order valence-electron chi connectivity index (χ2n) is 5.96. The van der Waals surface area contributed by atoms with Crippen LogP contribution in [0, 0.1) is 10.1 Å². The van der Waals surface area contributed by atoms with Crippen LogP contribution < -0.4 is 15.8 Å². The van der Waals surface area contributed by atoms with Gasteiger partial charge in [0.05, 0.1) is 4.92 Å². The second-order valence-corrected chi connectivity index (χ2v) is 5.96. The van der Waals surface area contributed by atoms with Crippen molar-refractivity contribution in [2.45, 2.75) is 25.8 Å². The van der Waals surface area contributed by atoms with Crippen LogP contribution >= 0.6 is 0 Å². The average Bonchev–Trinajstić information content (AvgIpc) is 2.63. The Hall–Kier alpha value is -2.60. The van der Waals surface area contributed by atoms with Crippen molar-refractivity contribution in [3.05, 3.63) is 64.2 Å². The van der Waals surface area contributed by atoms with E-state index in [1.807, 2.05) is 36.4 Å². The van der Waals surface area contributed by atoms with Crippen LogP contribution in [0.4, 0.5) is 17.1 Å². The SMILES string of the molecule is O=[N+]([O-])c1ccc(N2CCCCC2)c(CNNc2ccccc2)c1. The van der Waals surface area contributed by atoms with Gasteiger partial charge in [0, 0.05) is 43.1 Å². The number of non-ortho nitro benzene ring substituents is 1. The van der Waals surface area contributed by atoms with Crippen molar-refractivity contribution in [1.29, 1.82) is 0 Å². The number of rotatable bonds is 6. The molecular weight excluding hydrogens is 304 g/mol. The van der Waals surface area contributed by atoms with Crippen LogP contribution in [0.1, 0.15) is 24.8 Å². The summed E-state index contributed by atoms with van der Waals surface area (Å²) in [5.74, 6) is 0. The van der Waals surface area contributed by atoms with Gasteiger partial charge >= 0.3 is 0 Å². The highest BCUT2D eigenvalue weighted by Gasteiger charge is 2.17. The van der Waals surface area contributed by atoms with Gasteiger partial charge in [-0.1, -0.05) is 18.2 Å². The van der Waals surface area contributed by atoms with Crippen LogP contribution in [0.3, 0.4) is 0 Å². The lowest BCUT2D eigenvalue weighted by molar-refractivity contribution is -0.384. The number of nitrogens with one attached hydrogen (secondary N) is 2. The Morgan fingerprint density at radius 3 is 2.50 bits per heavy atom. The van der Waals surface area contributed by atoms with Gasteiger partial charge in [0.2, 0.25) is 0 Å². The Balaban J connectivity index is 1.74. The van der Waals surface area contributed by atoms with Gasteiger partial charge in [0.1, 0.15) is 0 Å². The molecule has 0 aliphatic carbocycles. The zero-order valence-electron chi connectivity index (χ0n) is 13.6. The van der Waals surface area contributed by atoms with Crippen molar-refractivity contribution < 1.29 is 4.92 Å². The third-order valence-corrected chi connectivity index (χ3v) is 4.26. The summed E-state index contributed by atoms with van der Waals surface area (Å²) in [6, 6.07) is 14.9. The molecule has 0 saturated carbocycles. The van der Waals surface area contributed by atoms with Crippen LogP contribution in [-0.2, 0) is 6.54 Å². The van der Waals surface area contributed by atoms with Gasteiger partial charge in [-0.25, -0.2) is 5.43 Å². The first-order valence-electron chi connectivity index (χ1n) is 8.30. The molecule has 1 saturated heterocycles. The van der Waals surface area contributed by atoms with Crippen molar-refractivity contribution in [3.8, 4) is 0 Å². The van der Waals surface area contributed by atoms with Gasteiger partial charge in [-0.3, -0.25) is 10.1 Å². The molecule has 2 N–H and O–H groups in total. The monoisotopic (exact) mass is 326 g/mol. The fourth-order valence-corrected chi connectivity index (χ4v) is 3.03. The van der Waals surface area contributed by atoms with Gasteiger partial charge in [-0.2, -0.15) is 0 Å². The van der Waals surface area contributed by atoms with Crippen LogP contribution in [0.5, 0.6) is 0 Å². The zero-order valence-corrected chi connectivity index (χ0v) is 13.6. The Morgan fingerprint density at radius 1 is 1.04 bits per heavy atom. The second kappa shape index (κ2) is 7.79. The Labute approximate surface area is 141 Å². The fraction of sp³-hybridized carbons (Fsp3) is 0.333. The number of nitrogens with zero attached hydrogens (tertiary/aromatic N) is 2. The zero-order chi connectivity index (χ0) is 16.8. The third-order valence-electron chi connectivity index (χ3n) is 4.26. The van der Waals surface area contributed by atoms with E-state index in [2.05, 4.69) is 15.8 Å². The number of piperidine rings is 1. The van der Waals surface area contributed by atoms with E-state index in [4.69, 9.17) is 0 Å². The molecule has 0 bridgehead atoms. The van der Waals surface area contributed by atoms with Gasteiger partial charge in [-0.15, -0.1) is 0 Å². The molecule has 24 heavy (non-hydrogen) atoms. The van der Waals surface area contributed by atoms with Crippen molar-refractivity contribution in [2.24, 2.45) is 0 Å². The van der Waals surface area contributed by atoms with Crippen LogP contribution in [0.2, 0.25) is 0 Å². The molecular formula is C18H22N4O2. The molecule has 0 unspecified atom stereocenters. The van der Waals surface area contributed by atoms with Crippen molar-refractivity contribution >= 4 is 17.1 Å². The minimum absolute atomic E-state index is 0.132. The molecule has 0 atom stereocenters. The normalized spacial score (nSPS) is 14.4. The summed E-state index contributed by atoms with van der Waals surface area (Å²) in [4.78, 5) is 13.1. The molecule has 3 rings (SSSR count). The first kappa shape index (κ1) is 16.3. The number of nitro groups is 1. The maximum Gasteiger partial charge on any atom is 0.269 e. The van der Waals surface area contributed by atoms with Gasteiger partial charge in [0.15, 0.2) is 0 Å². The maximum atomic E-state index is 11.1. The smallest absolute Gasteiger partial charge is 0.269 e. The van der Waals surface area contributed by atoms with Gasteiger partial charge in [-0.05, 0) is 43.0 Å². The number of para-hydroxylation sites is 1. The number of benzene rings is 2. The van der Waals surface area contributed by atoms with Crippen molar-refractivity contribution in [2.75, 3.05) is 23.4 Å². The average molecular weight is 326 g/mol. The first-order valence-corrected chi connectivity index (χ1v) is 8.30. The molecule has 1 aliphatic rings. The number of nitro benzene ring substituents is 1. The summed E-state index contributed by atoms with van der Waals surface area (Å²) >= 11 is 0. The molecule has 1 heterocycles. The summed E-state index contributed by atoms with van der Waals surface area (Å²) in [5, 5.41) is 11.1. The number of hydrazine groups is 1. The van der Waals surface area contributed by atoms with E-state index < -0.39 is 0 Å². The topological polar surface area (TPSA) is 70.4 Å². The Kier molecular flexibility index (Phi) is 5.28. The molecule has 6 nitrogen and oxygen atoms in total. The van der Waals surface area contributed by atoms with E-state index in [0.29, 0.717) is 6.54 Å². The van der Waals surface area contributed by atoms with Crippen LogP contribution in [0.15, 0.2) is 48.5 Å². The molecule has 0 radical (unpaired) electrons. The highest BCUT2D eigenvalue weighted by atomic mass is 16.6. The number of anilines is 2. The standard InChI is InChI=1S/C18H22N4O2/c23-22(24)17-9-10-18(21-11-5-2-6-12-21)15(13-17)14-19-20-16-7-3-1-4-8-16/h1,3-4,7-10,13,19-20H,2,5-6,11-12,14H2. The summed E-state index contributed by atoms with van der Waals surface area (Å²) < 4.78 is 0. The predicted molar refractivity (Wildman–Crippen MR) is 96.1 cm³/mol. The minimum Gasteiger partial charge on any atom is -0.371 e. The van der Waals surface area contributed by atoms with Gasteiger partial charge < -0.3 is 10.3 Å². The first-order chi connectivity index (χ1) is 11.7. The maximum absolute atomic E-state index is 11.1. The molecule has 2 aromatic carbocycles. The van der Waals surface area contributed by atoms with E-state index in [-0.39, 0.29) is 10.6 Å². The van der Waals surface area contributed by atoms with Gasteiger partial charge in [0.25, 0.3) is 5.69 Å². The van der Waals surface area contributed by atoms with Crippen LogP contribution in [0.25, 0.3) is 0 Å². The summed E-state index contributed by atoms with van der Waals surface area (Å²) in [7, 11) is 0. The lowest BCUT2D eigenvalue weighted by atomic mass is 10.1. The minimum atomic E-state index is -0.339. The molecule has 6 heteroatoms. The number of hydrogen-bond donors (Lipinski definition) is 2. The van der Waals surface area contributed by atoms with Crippen molar-refractivity contribution in [1.82, 2.24) is 5.43 Å². The Bertz CT molecular complexity index is 685. The highest BCUT2D eigenvalue weighted by Crippen LogP contribution is 2.28. The lowest BCUT2D eigenvalue weighted by Gasteiger charge is -2.30. The summed E-state index contributed by atoms with van der Waals surface area (Å²) in [5.41, 5.74) is 9.42. The quantitative estimate of drug-likeness (QED) is 0.625. The van der Waals surface area contributed by atoms with E-state index in [0.717, 1.165) is 30.0 Å². The summed E-state index contributed by atoms with van der Waals surface area (Å²) in [6.45, 7) is 2.54. The molecule has 1 aliphatic heterocycles. The highest BCUT2D eigenvalue weighted by molar-refractivity contribution is 5.58. The summed E-state index contributed by atoms with van der Waals surface area (Å²) in [6.07, 6.45) is 3.60. The van der Waals surface area contributed by atoms with E-state index in [9.17, 15) is 10.1 Å². The molecule has 0 spiro atoms. The van der Waals surface area contributed by atoms with Crippen LogP contribution in [-0.4, -0.2) is 18.0 Å². The van der Waals surface area contributed by atoms with E-state index in [1.165, 1.54) is 19.3 Å². The number of hydrogen-bond acceptors (Lipinski definition) is 5. The molecule has 0 aromatic heterocycles. The largest absolute Gasteiger partial charge is 0.371 e. The van der Waals surface area contributed by atoms with E-state index >= 15 is 0 Å². The molecule has 1 fully saturated rings. The third kappa shape index (κ3) is 4.02.